The first-order chi connectivity index (χ1) is 7.11. The van der Waals surface area contributed by atoms with E-state index in [2.05, 4.69) is 25.9 Å². The Morgan fingerprint density at radius 1 is 1.47 bits per heavy atom. The maximum Gasteiger partial charge on any atom is 0.270 e. The van der Waals surface area contributed by atoms with E-state index in [1.54, 1.807) is 0 Å². The molecule has 0 spiro atoms. The zero-order chi connectivity index (χ0) is 11.0. The number of halogens is 1. The molecule has 2 aromatic rings. The van der Waals surface area contributed by atoms with Crippen LogP contribution in [-0.4, -0.2) is 9.97 Å². The van der Waals surface area contributed by atoms with E-state index >= 15 is 0 Å². The lowest BCUT2D eigenvalue weighted by Crippen LogP contribution is -2.14. The number of benzene rings is 1. The van der Waals surface area contributed by atoms with Gasteiger partial charge in [0.15, 0.2) is 0 Å². The monoisotopic (exact) mass is 266 g/mol. The number of aryl methyl sites for hydroxylation is 2. The fraction of sp³-hybridized carbons (Fsp3) is 0.273. The van der Waals surface area contributed by atoms with Crippen molar-refractivity contribution < 1.29 is 0 Å². The van der Waals surface area contributed by atoms with Crippen LogP contribution >= 0.6 is 15.9 Å². The van der Waals surface area contributed by atoms with Gasteiger partial charge in [-0.2, -0.15) is 0 Å². The largest absolute Gasteiger partial charge is 0.319 e. The van der Waals surface area contributed by atoms with E-state index in [-0.39, 0.29) is 5.56 Å². The van der Waals surface area contributed by atoms with Crippen LogP contribution in [0.25, 0.3) is 11.0 Å². The summed E-state index contributed by atoms with van der Waals surface area (Å²) in [7, 11) is 0. The van der Waals surface area contributed by atoms with Crippen molar-refractivity contribution >= 4 is 27.0 Å². The summed E-state index contributed by atoms with van der Waals surface area (Å²) in [5, 5.41) is 0. The first-order valence-corrected chi connectivity index (χ1v) is 5.60. The molecule has 1 N–H and O–H groups in total. The van der Waals surface area contributed by atoms with Gasteiger partial charge in [-0.05, 0) is 31.0 Å². The normalized spacial score (nSPS) is 10.9. The van der Waals surface area contributed by atoms with E-state index in [9.17, 15) is 4.79 Å². The fourth-order valence-corrected chi connectivity index (χ4v) is 2.17. The molecule has 0 radical (unpaired) electrons. The molecule has 0 aliphatic heterocycles. The molecule has 0 saturated carbocycles. The molecule has 0 atom stereocenters. The molecule has 4 heteroatoms. The van der Waals surface area contributed by atoms with Gasteiger partial charge in [-0.15, -0.1) is 0 Å². The summed E-state index contributed by atoms with van der Waals surface area (Å²) < 4.78 is 0.953. The Hall–Kier alpha value is -1.16. The lowest BCUT2D eigenvalue weighted by atomic mass is 10.2. The Balaban J connectivity index is 2.87. The van der Waals surface area contributed by atoms with Crippen LogP contribution in [0.1, 0.15) is 18.2 Å². The van der Waals surface area contributed by atoms with E-state index in [1.807, 2.05) is 26.0 Å². The molecule has 78 valence electrons. The Morgan fingerprint density at radius 3 is 2.87 bits per heavy atom. The van der Waals surface area contributed by atoms with Crippen LogP contribution in [0.15, 0.2) is 21.4 Å². The molecule has 1 aromatic heterocycles. The van der Waals surface area contributed by atoms with Crippen LogP contribution in [0.2, 0.25) is 0 Å². The topological polar surface area (TPSA) is 45.8 Å². The Morgan fingerprint density at radius 2 is 2.20 bits per heavy atom. The summed E-state index contributed by atoms with van der Waals surface area (Å²) in [5.41, 5.74) is 3.21. The molecule has 0 bridgehead atoms. The minimum absolute atomic E-state index is 0.0949. The van der Waals surface area contributed by atoms with Crippen molar-refractivity contribution in [3.05, 3.63) is 38.2 Å². The van der Waals surface area contributed by atoms with E-state index < -0.39 is 0 Å². The maximum atomic E-state index is 11.6. The van der Waals surface area contributed by atoms with Crippen LogP contribution < -0.4 is 5.56 Å². The highest BCUT2D eigenvalue weighted by molar-refractivity contribution is 9.10. The number of hydrogen-bond donors (Lipinski definition) is 1. The summed E-state index contributed by atoms with van der Waals surface area (Å²) in [4.78, 5) is 18.8. The predicted octanol–water partition coefficient (Wildman–Crippen LogP) is 2.56. The first-order valence-electron chi connectivity index (χ1n) is 4.81. The molecular weight excluding hydrogens is 256 g/mol. The molecule has 0 unspecified atom stereocenters. The molecule has 0 saturated heterocycles. The second-order valence-corrected chi connectivity index (χ2v) is 4.40. The van der Waals surface area contributed by atoms with E-state index in [1.165, 1.54) is 0 Å². The zero-order valence-corrected chi connectivity index (χ0v) is 10.2. The van der Waals surface area contributed by atoms with Gasteiger partial charge in [0.1, 0.15) is 5.69 Å². The summed E-state index contributed by atoms with van der Waals surface area (Å²) in [6.45, 7) is 3.91. The average molecular weight is 267 g/mol. The minimum atomic E-state index is -0.0949. The number of rotatable bonds is 1. The summed E-state index contributed by atoms with van der Waals surface area (Å²) in [6.07, 6.45) is 0.654. The second-order valence-electron chi connectivity index (χ2n) is 3.49. The van der Waals surface area contributed by atoms with Crippen molar-refractivity contribution in [1.82, 2.24) is 9.97 Å². The van der Waals surface area contributed by atoms with E-state index in [0.717, 1.165) is 21.1 Å². The molecular formula is C11H11BrN2O. The Kier molecular flexibility index (Phi) is 2.61. The highest BCUT2D eigenvalue weighted by Crippen LogP contribution is 2.19. The van der Waals surface area contributed by atoms with Crippen molar-refractivity contribution in [2.45, 2.75) is 20.3 Å². The summed E-state index contributed by atoms with van der Waals surface area (Å²) in [5.74, 6) is 0. The van der Waals surface area contributed by atoms with Gasteiger partial charge < -0.3 is 4.98 Å². The molecule has 1 heterocycles. The number of nitrogens with one attached hydrogen (secondary N) is 1. The second kappa shape index (κ2) is 3.77. The third kappa shape index (κ3) is 1.81. The van der Waals surface area contributed by atoms with Crippen molar-refractivity contribution in [1.29, 1.82) is 0 Å². The fourth-order valence-electron chi connectivity index (χ4n) is 1.60. The molecule has 2 rings (SSSR count). The molecule has 0 aliphatic rings. The predicted molar refractivity (Wildman–Crippen MR) is 64.2 cm³/mol. The highest BCUT2D eigenvalue weighted by atomic mass is 79.9. The Labute approximate surface area is 95.7 Å². The molecule has 0 amide bonds. The summed E-state index contributed by atoms with van der Waals surface area (Å²) >= 11 is 3.39. The van der Waals surface area contributed by atoms with E-state index in [4.69, 9.17) is 0 Å². The van der Waals surface area contributed by atoms with Gasteiger partial charge in [0.05, 0.1) is 11.0 Å². The van der Waals surface area contributed by atoms with Gasteiger partial charge in [0.2, 0.25) is 0 Å². The number of fused-ring (bicyclic) bond motifs is 1. The summed E-state index contributed by atoms with van der Waals surface area (Å²) in [6, 6.07) is 3.86. The third-order valence-electron chi connectivity index (χ3n) is 2.36. The van der Waals surface area contributed by atoms with E-state index in [0.29, 0.717) is 12.1 Å². The number of nitrogens with zero attached hydrogens (tertiary/aromatic N) is 1. The number of aromatic amines is 1. The minimum Gasteiger partial charge on any atom is -0.319 e. The van der Waals surface area contributed by atoms with Crippen molar-refractivity contribution in [2.24, 2.45) is 0 Å². The number of aromatic nitrogens is 2. The molecule has 0 aliphatic carbocycles. The van der Waals surface area contributed by atoms with Gasteiger partial charge in [0.25, 0.3) is 5.56 Å². The number of H-pyrrole nitrogens is 1. The average Bonchev–Trinajstić information content (AvgIpc) is 2.16. The van der Waals surface area contributed by atoms with Gasteiger partial charge in [-0.1, -0.05) is 22.9 Å². The quantitative estimate of drug-likeness (QED) is 0.863. The molecule has 0 fully saturated rings. The zero-order valence-electron chi connectivity index (χ0n) is 8.60. The van der Waals surface area contributed by atoms with Crippen molar-refractivity contribution in [3.8, 4) is 0 Å². The lowest BCUT2D eigenvalue weighted by molar-refractivity contribution is 0.994. The van der Waals surface area contributed by atoms with Crippen LogP contribution in [0.4, 0.5) is 0 Å². The van der Waals surface area contributed by atoms with Crippen molar-refractivity contribution in [3.63, 3.8) is 0 Å². The van der Waals surface area contributed by atoms with Gasteiger partial charge in [-0.3, -0.25) is 4.79 Å². The molecule has 15 heavy (non-hydrogen) atoms. The van der Waals surface area contributed by atoms with Gasteiger partial charge >= 0.3 is 0 Å². The highest BCUT2D eigenvalue weighted by Gasteiger charge is 2.05. The maximum absolute atomic E-state index is 11.6. The SMILES string of the molecule is CCc1nc2c(C)cc(Br)cc2[nH]c1=O. The molecule has 1 aromatic carbocycles. The van der Waals surface area contributed by atoms with Crippen LogP contribution in [0.3, 0.4) is 0 Å². The van der Waals surface area contributed by atoms with Gasteiger partial charge in [0, 0.05) is 4.47 Å². The molecule has 3 nitrogen and oxygen atoms in total. The standard InChI is InChI=1S/C11H11BrN2O/c1-3-8-11(15)14-9-5-7(12)4-6(2)10(9)13-8/h4-5H,3H2,1-2H3,(H,14,15). The van der Waals surface area contributed by atoms with Gasteiger partial charge in [-0.25, -0.2) is 4.98 Å². The van der Waals surface area contributed by atoms with Crippen LogP contribution in [0, 0.1) is 6.92 Å². The van der Waals surface area contributed by atoms with Crippen LogP contribution in [-0.2, 0) is 6.42 Å². The Bertz CT molecular complexity index is 575. The van der Waals surface area contributed by atoms with Crippen molar-refractivity contribution in [2.75, 3.05) is 0 Å². The van der Waals surface area contributed by atoms with Crippen LogP contribution in [0.5, 0.6) is 0 Å². The number of hydrogen-bond acceptors (Lipinski definition) is 2. The third-order valence-corrected chi connectivity index (χ3v) is 2.82. The first kappa shape index (κ1) is 10.4. The smallest absolute Gasteiger partial charge is 0.270 e. The lowest BCUT2D eigenvalue weighted by Gasteiger charge is -2.04.